The van der Waals surface area contributed by atoms with E-state index in [0.717, 1.165) is 44.0 Å². The maximum Gasteiger partial charge on any atom is 0.161 e. The van der Waals surface area contributed by atoms with E-state index in [2.05, 4.69) is 17.3 Å². The number of aryl methyl sites for hydroxylation is 1. The predicted octanol–water partition coefficient (Wildman–Crippen LogP) is 1.51. The fourth-order valence-corrected chi connectivity index (χ4v) is 2.69. The number of nitrogens with zero attached hydrogens (tertiary/aromatic N) is 2. The van der Waals surface area contributed by atoms with Crippen molar-refractivity contribution in [2.45, 2.75) is 25.8 Å². The van der Waals surface area contributed by atoms with Crippen LogP contribution in [0.1, 0.15) is 31.5 Å². The van der Waals surface area contributed by atoms with Crippen molar-refractivity contribution in [3.8, 4) is 5.75 Å². The van der Waals surface area contributed by atoms with Crippen molar-refractivity contribution < 1.29 is 9.47 Å². The molecule has 1 aliphatic heterocycles. The first-order valence-corrected chi connectivity index (χ1v) is 6.65. The van der Waals surface area contributed by atoms with Gasteiger partial charge >= 0.3 is 0 Å². The normalized spacial score (nSPS) is 18.8. The summed E-state index contributed by atoms with van der Waals surface area (Å²) in [6.07, 6.45) is 3.97. The first kappa shape index (κ1) is 13.4. The molecule has 0 saturated carbocycles. The van der Waals surface area contributed by atoms with Crippen LogP contribution in [0.2, 0.25) is 0 Å². The Morgan fingerprint density at radius 2 is 2.28 bits per heavy atom. The van der Waals surface area contributed by atoms with Gasteiger partial charge in [-0.2, -0.15) is 5.10 Å². The van der Waals surface area contributed by atoms with E-state index in [-0.39, 0.29) is 0 Å². The number of ether oxygens (including phenoxy) is 2. The summed E-state index contributed by atoms with van der Waals surface area (Å²) in [6, 6.07) is 0.293. The maximum atomic E-state index is 5.45. The highest BCUT2D eigenvalue weighted by Gasteiger charge is 2.29. The second kappa shape index (κ2) is 6.20. The lowest BCUT2D eigenvalue weighted by Crippen LogP contribution is -2.33. The smallest absolute Gasteiger partial charge is 0.161 e. The van der Waals surface area contributed by atoms with Crippen molar-refractivity contribution in [3.63, 3.8) is 0 Å². The Morgan fingerprint density at radius 1 is 1.56 bits per heavy atom. The largest absolute Gasteiger partial charge is 0.493 e. The Morgan fingerprint density at radius 3 is 2.89 bits per heavy atom. The van der Waals surface area contributed by atoms with Gasteiger partial charge in [0.15, 0.2) is 5.75 Å². The second-order valence-corrected chi connectivity index (χ2v) is 4.71. The Labute approximate surface area is 108 Å². The molecule has 1 saturated heterocycles. The summed E-state index contributed by atoms with van der Waals surface area (Å²) in [5, 5.41) is 7.88. The molecular weight excluding hydrogens is 230 g/mol. The molecule has 2 rings (SSSR count). The summed E-state index contributed by atoms with van der Waals surface area (Å²) < 4.78 is 12.8. The summed E-state index contributed by atoms with van der Waals surface area (Å²) in [6.45, 7) is 4.78. The van der Waals surface area contributed by atoms with E-state index in [1.54, 1.807) is 13.3 Å². The molecule has 1 unspecified atom stereocenters. The highest BCUT2D eigenvalue weighted by molar-refractivity contribution is 5.28. The molecule has 1 fully saturated rings. The van der Waals surface area contributed by atoms with E-state index < -0.39 is 0 Å². The maximum absolute atomic E-state index is 5.45. The van der Waals surface area contributed by atoms with E-state index in [9.17, 15) is 0 Å². The van der Waals surface area contributed by atoms with Crippen molar-refractivity contribution >= 4 is 0 Å². The van der Waals surface area contributed by atoms with Crippen LogP contribution < -0.4 is 10.1 Å². The highest BCUT2D eigenvalue weighted by atomic mass is 16.5. The quantitative estimate of drug-likeness (QED) is 0.864. The van der Waals surface area contributed by atoms with Crippen LogP contribution in [0.4, 0.5) is 0 Å². The number of aromatic nitrogens is 2. The van der Waals surface area contributed by atoms with Crippen LogP contribution in [0, 0.1) is 5.92 Å². The average molecular weight is 253 g/mol. The lowest BCUT2D eigenvalue weighted by Gasteiger charge is -2.31. The van der Waals surface area contributed by atoms with Gasteiger partial charge in [-0.15, -0.1) is 0 Å². The van der Waals surface area contributed by atoms with Crippen LogP contribution >= 0.6 is 0 Å². The average Bonchev–Trinajstić information content (AvgIpc) is 2.78. The molecule has 0 aromatic carbocycles. The molecule has 1 aromatic rings. The molecule has 1 N–H and O–H groups in total. The Kier molecular flexibility index (Phi) is 4.60. The van der Waals surface area contributed by atoms with Gasteiger partial charge in [-0.25, -0.2) is 0 Å². The van der Waals surface area contributed by atoms with Crippen LogP contribution in [0.25, 0.3) is 0 Å². The van der Waals surface area contributed by atoms with Gasteiger partial charge in [0, 0.05) is 20.3 Å². The van der Waals surface area contributed by atoms with Crippen molar-refractivity contribution in [2.75, 3.05) is 26.9 Å². The number of hydrogen-bond donors (Lipinski definition) is 1. The third-order valence-corrected chi connectivity index (χ3v) is 3.63. The van der Waals surface area contributed by atoms with Crippen LogP contribution in [0.5, 0.6) is 5.75 Å². The first-order valence-electron chi connectivity index (χ1n) is 6.65. The van der Waals surface area contributed by atoms with Crippen molar-refractivity contribution in [1.82, 2.24) is 15.1 Å². The monoisotopic (exact) mass is 253 g/mol. The van der Waals surface area contributed by atoms with Crippen LogP contribution in [-0.2, 0) is 11.8 Å². The highest BCUT2D eigenvalue weighted by Crippen LogP contribution is 2.34. The Bertz CT molecular complexity index is 372. The molecule has 1 atom stereocenters. The van der Waals surface area contributed by atoms with Crippen molar-refractivity contribution in [3.05, 3.63) is 11.9 Å². The Hall–Kier alpha value is -1.07. The molecule has 0 amide bonds. The van der Waals surface area contributed by atoms with E-state index in [4.69, 9.17) is 9.47 Å². The van der Waals surface area contributed by atoms with E-state index >= 15 is 0 Å². The number of methoxy groups -OCH3 is 1. The van der Waals surface area contributed by atoms with Gasteiger partial charge in [-0.1, -0.05) is 6.92 Å². The van der Waals surface area contributed by atoms with Gasteiger partial charge in [0.1, 0.15) is 0 Å². The number of nitrogens with one attached hydrogen (secondary N) is 1. The molecule has 0 bridgehead atoms. The zero-order valence-corrected chi connectivity index (χ0v) is 11.5. The standard InChI is InChI=1S/C13H23N3O2/c1-4-14-12(10-5-7-18-8-6-10)13-11(17-3)9-15-16(13)2/h9-10,12,14H,4-8H2,1-3H3. The zero-order valence-electron chi connectivity index (χ0n) is 11.5. The van der Waals surface area contributed by atoms with Gasteiger partial charge in [0.25, 0.3) is 0 Å². The molecule has 18 heavy (non-hydrogen) atoms. The SMILES string of the molecule is CCNC(c1c(OC)cnn1C)C1CCOCC1. The zero-order chi connectivity index (χ0) is 13.0. The molecule has 1 aliphatic rings. The Balaban J connectivity index is 2.24. The van der Waals surface area contributed by atoms with Gasteiger partial charge in [0.2, 0.25) is 0 Å². The minimum atomic E-state index is 0.293. The predicted molar refractivity (Wildman–Crippen MR) is 69.7 cm³/mol. The number of rotatable bonds is 5. The molecular formula is C13H23N3O2. The molecule has 5 heteroatoms. The molecule has 5 nitrogen and oxygen atoms in total. The van der Waals surface area contributed by atoms with Gasteiger partial charge < -0.3 is 14.8 Å². The van der Waals surface area contributed by atoms with Gasteiger partial charge in [0.05, 0.1) is 25.0 Å². The van der Waals surface area contributed by atoms with Crippen molar-refractivity contribution in [2.24, 2.45) is 13.0 Å². The first-order chi connectivity index (χ1) is 8.77. The summed E-state index contributed by atoms with van der Waals surface area (Å²) >= 11 is 0. The van der Waals surface area contributed by atoms with Gasteiger partial charge in [-0.05, 0) is 25.3 Å². The molecule has 102 valence electrons. The molecule has 0 spiro atoms. The topological polar surface area (TPSA) is 48.3 Å². The second-order valence-electron chi connectivity index (χ2n) is 4.71. The minimum absolute atomic E-state index is 0.293. The van der Waals surface area contributed by atoms with E-state index in [1.807, 2.05) is 11.7 Å². The van der Waals surface area contributed by atoms with Crippen molar-refractivity contribution in [1.29, 1.82) is 0 Å². The summed E-state index contributed by atoms with van der Waals surface area (Å²) in [5.74, 6) is 1.46. The summed E-state index contributed by atoms with van der Waals surface area (Å²) in [5.41, 5.74) is 1.14. The summed E-state index contributed by atoms with van der Waals surface area (Å²) in [7, 11) is 3.68. The van der Waals surface area contributed by atoms with Crippen LogP contribution in [0.3, 0.4) is 0 Å². The fourth-order valence-electron chi connectivity index (χ4n) is 2.69. The van der Waals surface area contributed by atoms with E-state index in [1.165, 1.54) is 0 Å². The fraction of sp³-hybridized carbons (Fsp3) is 0.769. The summed E-state index contributed by atoms with van der Waals surface area (Å²) in [4.78, 5) is 0. The molecule has 2 heterocycles. The number of hydrogen-bond acceptors (Lipinski definition) is 4. The lowest BCUT2D eigenvalue weighted by molar-refractivity contribution is 0.0524. The molecule has 0 aliphatic carbocycles. The van der Waals surface area contributed by atoms with Gasteiger partial charge in [-0.3, -0.25) is 4.68 Å². The molecule has 0 radical (unpaired) electrons. The third-order valence-electron chi connectivity index (χ3n) is 3.63. The van der Waals surface area contributed by atoms with Crippen LogP contribution in [-0.4, -0.2) is 36.6 Å². The van der Waals surface area contributed by atoms with Crippen LogP contribution in [0.15, 0.2) is 6.20 Å². The lowest BCUT2D eigenvalue weighted by atomic mass is 9.89. The third kappa shape index (κ3) is 2.67. The minimum Gasteiger partial charge on any atom is -0.493 e. The van der Waals surface area contributed by atoms with E-state index in [0.29, 0.717) is 12.0 Å². The molecule has 1 aromatic heterocycles.